The summed E-state index contributed by atoms with van der Waals surface area (Å²) in [4.78, 5) is 12.1. The van der Waals surface area contributed by atoms with Gasteiger partial charge in [-0.15, -0.1) is 0 Å². The number of rotatable bonds is 3. The zero-order valence-corrected chi connectivity index (χ0v) is 11.6. The van der Waals surface area contributed by atoms with Crippen molar-refractivity contribution in [1.82, 2.24) is 10.6 Å². The summed E-state index contributed by atoms with van der Waals surface area (Å²) in [7, 11) is 0. The normalized spacial score (nSPS) is 42.1. The Hall–Kier alpha value is -0.610. The molecule has 4 heteroatoms. The van der Waals surface area contributed by atoms with E-state index in [9.17, 15) is 9.90 Å². The van der Waals surface area contributed by atoms with Gasteiger partial charge in [-0.05, 0) is 44.4 Å². The fourth-order valence-electron chi connectivity index (χ4n) is 4.15. The third-order valence-electron chi connectivity index (χ3n) is 5.12. The van der Waals surface area contributed by atoms with Crippen LogP contribution in [-0.4, -0.2) is 35.2 Å². The number of carbonyl (C=O) groups is 1. The molecule has 2 bridgehead atoms. The molecule has 3 aliphatic rings. The molecular formula is C15H26N2O2. The SMILES string of the molecule is O=C(CC1CC2CCC(C1)N2)N[C@@H]1CCCC[C@H]1O. The van der Waals surface area contributed by atoms with Crippen molar-refractivity contribution >= 4 is 5.91 Å². The van der Waals surface area contributed by atoms with Gasteiger partial charge in [-0.3, -0.25) is 4.79 Å². The third-order valence-corrected chi connectivity index (χ3v) is 5.12. The number of hydrogen-bond acceptors (Lipinski definition) is 3. The van der Waals surface area contributed by atoms with Crippen LogP contribution < -0.4 is 10.6 Å². The Morgan fingerprint density at radius 1 is 1.11 bits per heavy atom. The fourth-order valence-corrected chi connectivity index (χ4v) is 4.15. The first-order chi connectivity index (χ1) is 9.20. The van der Waals surface area contributed by atoms with Crippen LogP contribution >= 0.6 is 0 Å². The maximum absolute atomic E-state index is 12.1. The number of fused-ring (bicyclic) bond motifs is 2. The number of amides is 1. The molecular weight excluding hydrogens is 240 g/mol. The highest BCUT2D eigenvalue weighted by atomic mass is 16.3. The van der Waals surface area contributed by atoms with Crippen molar-refractivity contribution in [1.29, 1.82) is 0 Å². The van der Waals surface area contributed by atoms with Gasteiger partial charge in [-0.2, -0.15) is 0 Å². The Balaban J connectivity index is 1.46. The molecule has 0 radical (unpaired) electrons. The second-order valence-electron chi connectivity index (χ2n) is 6.71. The Bertz CT molecular complexity index is 322. The molecule has 2 heterocycles. The molecule has 0 aromatic rings. The summed E-state index contributed by atoms with van der Waals surface area (Å²) in [5, 5.41) is 16.6. The van der Waals surface area contributed by atoms with E-state index in [1.165, 1.54) is 12.8 Å². The van der Waals surface area contributed by atoms with E-state index in [-0.39, 0.29) is 18.1 Å². The van der Waals surface area contributed by atoms with Crippen LogP contribution in [0.1, 0.15) is 57.8 Å². The molecule has 19 heavy (non-hydrogen) atoms. The Labute approximate surface area is 115 Å². The second-order valence-corrected chi connectivity index (χ2v) is 6.71. The second kappa shape index (κ2) is 5.80. The minimum absolute atomic E-state index is 0.000289. The van der Waals surface area contributed by atoms with E-state index in [2.05, 4.69) is 10.6 Å². The van der Waals surface area contributed by atoms with Crippen LogP contribution in [0.25, 0.3) is 0 Å². The van der Waals surface area contributed by atoms with E-state index in [0.717, 1.165) is 38.5 Å². The van der Waals surface area contributed by atoms with Crippen LogP contribution in [0.2, 0.25) is 0 Å². The molecule has 4 atom stereocenters. The quantitative estimate of drug-likeness (QED) is 0.722. The molecule has 1 saturated carbocycles. The van der Waals surface area contributed by atoms with E-state index < -0.39 is 0 Å². The van der Waals surface area contributed by atoms with Crippen molar-refractivity contribution < 1.29 is 9.90 Å². The average molecular weight is 266 g/mol. The molecule has 4 nitrogen and oxygen atoms in total. The maximum Gasteiger partial charge on any atom is 0.220 e. The molecule has 1 amide bonds. The average Bonchev–Trinajstić information content (AvgIpc) is 2.72. The van der Waals surface area contributed by atoms with Crippen molar-refractivity contribution in [3.63, 3.8) is 0 Å². The minimum atomic E-state index is -0.332. The Morgan fingerprint density at radius 3 is 2.47 bits per heavy atom. The van der Waals surface area contributed by atoms with Gasteiger partial charge in [0.1, 0.15) is 0 Å². The van der Waals surface area contributed by atoms with Crippen molar-refractivity contribution in [3.05, 3.63) is 0 Å². The summed E-state index contributed by atoms with van der Waals surface area (Å²) >= 11 is 0. The predicted molar refractivity (Wildman–Crippen MR) is 73.7 cm³/mol. The van der Waals surface area contributed by atoms with Gasteiger partial charge in [0.2, 0.25) is 5.91 Å². The molecule has 2 saturated heterocycles. The first-order valence-corrected chi connectivity index (χ1v) is 7.94. The standard InChI is InChI=1S/C15H26N2O2/c18-14-4-2-1-3-13(14)17-15(19)9-10-7-11-5-6-12(8-10)16-11/h10-14,16,18H,1-9H2,(H,17,19)/t10?,11?,12?,13-,14-/m1/s1. The topological polar surface area (TPSA) is 61.4 Å². The molecule has 3 rings (SSSR count). The number of piperidine rings is 1. The van der Waals surface area contributed by atoms with Crippen LogP contribution in [0.4, 0.5) is 0 Å². The van der Waals surface area contributed by atoms with Crippen LogP contribution in [0, 0.1) is 5.92 Å². The summed E-state index contributed by atoms with van der Waals surface area (Å²) in [6.07, 6.45) is 9.17. The summed E-state index contributed by atoms with van der Waals surface area (Å²) < 4.78 is 0. The van der Waals surface area contributed by atoms with E-state index >= 15 is 0 Å². The van der Waals surface area contributed by atoms with Crippen LogP contribution in [-0.2, 0) is 4.79 Å². The number of hydrogen-bond donors (Lipinski definition) is 3. The first-order valence-electron chi connectivity index (χ1n) is 7.94. The lowest BCUT2D eigenvalue weighted by molar-refractivity contribution is -0.124. The van der Waals surface area contributed by atoms with Gasteiger partial charge in [0.25, 0.3) is 0 Å². The minimum Gasteiger partial charge on any atom is -0.391 e. The summed E-state index contributed by atoms with van der Waals surface area (Å²) in [5.74, 6) is 0.691. The fraction of sp³-hybridized carbons (Fsp3) is 0.933. The molecule has 0 aromatic heterocycles. The van der Waals surface area contributed by atoms with Crippen molar-refractivity contribution in [2.75, 3.05) is 0 Å². The van der Waals surface area contributed by atoms with E-state index in [1.54, 1.807) is 0 Å². The van der Waals surface area contributed by atoms with Gasteiger partial charge in [0.05, 0.1) is 12.1 Å². The predicted octanol–water partition coefficient (Wildman–Crippen LogP) is 1.33. The molecule has 2 aliphatic heterocycles. The summed E-state index contributed by atoms with van der Waals surface area (Å²) in [5.41, 5.74) is 0. The maximum atomic E-state index is 12.1. The van der Waals surface area contributed by atoms with Crippen molar-refractivity contribution in [2.24, 2.45) is 5.92 Å². The zero-order valence-electron chi connectivity index (χ0n) is 11.6. The van der Waals surface area contributed by atoms with E-state index in [4.69, 9.17) is 0 Å². The van der Waals surface area contributed by atoms with Crippen molar-refractivity contribution in [3.8, 4) is 0 Å². The largest absolute Gasteiger partial charge is 0.391 e. The molecule has 0 spiro atoms. The van der Waals surface area contributed by atoms with Gasteiger partial charge < -0.3 is 15.7 Å². The summed E-state index contributed by atoms with van der Waals surface area (Å²) in [6, 6.07) is 1.30. The lowest BCUT2D eigenvalue weighted by atomic mass is 9.88. The highest BCUT2D eigenvalue weighted by Gasteiger charge is 2.34. The van der Waals surface area contributed by atoms with Gasteiger partial charge in [-0.25, -0.2) is 0 Å². The van der Waals surface area contributed by atoms with Gasteiger partial charge in [0.15, 0.2) is 0 Å². The lowest BCUT2D eigenvalue weighted by Crippen LogP contribution is -2.46. The Morgan fingerprint density at radius 2 is 1.79 bits per heavy atom. The zero-order chi connectivity index (χ0) is 13.2. The molecule has 3 fully saturated rings. The van der Waals surface area contributed by atoms with Crippen molar-refractivity contribution in [2.45, 2.75) is 82.0 Å². The first kappa shape index (κ1) is 13.4. The van der Waals surface area contributed by atoms with Crippen LogP contribution in [0.5, 0.6) is 0 Å². The van der Waals surface area contributed by atoms with E-state index in [1.807, 2.05) is 0 Å². The van der Waals surface area contributed by atoms with Crippen LogP contribution in [0.15, 0.2) is 0 Å². The van der Waals surface area contributed by atoms with Gasteiger partial charge >= 0.3 is 0 Å². The number of carbonyl (C=O) groups excluding carboxylic acids is 1. The molecule has 0 aromatic carbocycles. The smallest absolute Gasteiger partial charge is 0.220 e. The van der Waals surface area contributed by atoms with Gasteiger partial charge in [0, 0.05) is 18.5 Å². The number of aliphatic hydroxyl groups excluding tert-OH is 1. The summed E-state index contributed by atoms with van der Waals surface area (Å²) in [6.45, 7) is 0. The Kier molecular flexibility index (Phi) is 4.08. The van der Waals surface area contributed by atoms with Gasteiger partial charge in [-0.1, -0.05) is 12.8 Å². The third kappa shape index (κ3) is 3.29. The highest BCUT2D eigenvalue weighted by molar-refractivity contribution is 5.76. The lowest BCUT2D eigenvalue weighted by Gasteiger charge is -2.31. The molecule has 1 aliphatic carbocycles. The van der Waals surface area contributed by atoms with E-state index in [0.29, 0.717) is 24.4 Å². The molecule has 2 unspecified atom stereocenters. The number of aliphatic hydroxyl groups is 1. The number of nitrogens with one attached hydrogen (secondary N) is 2. The monoisotopic (exact) mass is 266 g/mol. The highest BCUT2D eigenvalue weighted by Crippen LogP contribution is 2.32. The molecule has 3 N–H and O–H groups in total. The van der Waals surface area contributed by atoms with Crippen LogP contribution in [0.3, 0.4) is 0 Å². The molecule has 108 valence electrons.